The van der Waals surface area contributed by atoms with Crippen molar-refractivity contribution in [2.24, 2.45) is 10.7 Å². The van der Waals surface area contributed by atoms with Crippen LogP contribution >= 0.6 is 0 Å². The molecule has 4 nitrogen and oxygen atoms in total. The average Bonchev–Trinajstić information content (AvgIpc) is 2.13. The first-order valence-electron chi connectivity index (χ1n) is 3.89. The molecule has 0 aliphatic carbocycles. The monoisotopic (exact) mass is 178 g/mol. The maximum atomic E-state index is 5.82. The Morgan fingerprint density at radius 2 is 2.31 bits per heavy atom. The summed E-state index contributed by atoms with van der Waals surface area (Å²) in [5, 5.41) is 0. The summed E-state index contributed by atoms with van der Waals surface area (Å²) in [5.41, 5.74) is 7.15. The van der Waals surface area contributed by atoms with E-state index in [0.29, 0.717) is 11.5 Å². The van der Waals surface area contributed by atoms with Gasteiger partial charge in [-0.1, -0.05) is 13.2 Å². The molecule has 0 radical (unpaired) electrons. The number of likely N-dealkylation sites (N-methyl/N-ethyl adjacent to an activating group) is 1. The molecule has 0 aromatic carbocycles. The molecular formula is C9H14N4. The molecule has 0 atom stereocenters. The summed E-state index contributed by atoms with van der Waals surface area (Å²) in [6, 6.07) is 0. The van der Waals surface area contributed by atoms with E-state index in [2.05, 4.69) is 18.2 Å². The molecule has 0 aromatic heterocycles. The van der Waals surface area contributed by atoms with E-state index in [9.17, 15) is 0 Å². The Morgan fingerprint density at radius 3 is 2.85 bits per heavy atom. The molecule has 0 bridgehead atoms. The smallest absolute Gasteiger partial charge is 0.159 e. The summed E-state index contributed by atoms with van der Waals surface area (Å²) in [4.78, 5) is 7.69. The molecule has 4 heteroatoms. The van der Waals surface area contributed by atoms with Gasteiger partial charge in [-0.05, 0) is 6.20 Å². The second-order valence-electron chi connectivity index (χ2n) is 2.83. The Labute approximate surface area is 78.3 Å². The fraction of sp³-hybridized carbons (Fsp3) is 0.222. The summed E-state index contributed by atoms with van der Waals surface area (Å²) in [7, 11) is 3.69. The molecule has 2 N–H and O–H groups in total. The molecule has 0 aromatic rings. The highest BCUT2D eigenvalue weighted by atomic mass is 15.3. The van der Waals surface area contributed by atoms with Crippen LogP contribution in [0.3, 0.4) is 0 Å². The fourth-order valence-corrected chi connectivity index (χ4v) is 0.967. The van der Waals surface area contributed by atoms with E-state index >= 15 is 0 Å². The summed E-state index contributed by atoms with van der Waals surface area (Å²) < 4.78 is 0. The van der Waals surface area contributed by atoms with Crippen molar-refractivity contribution in [2.45, 2.75) is 0 Å². The Hall–Kier alpha value is -1.71. The minimum atomic E-state index is 0.576. The van der Waals surface area contributed by atoms with Crippen molar-refractivity contribution in [3.05, 3.63) is 36.6 Å². The number of hydrogen-bond acceptors (Lipinski definition) is 4. The third-order valence-electron chi connectivity index (χ3n) is 1.94. The molecule has 0 unspecified atom stereocenters. The molecule has 1 heterocycles. The van der Waals surface area contributed by atoms with Gasteiger partial charge in [-0.25, -0.2) is 4.99 Å². The maximum absolute atomic E-state index is 5.82. The second-order valence-corrected chi connectivity index (χ2v) is 2.83. The summed E-state index contributed by atoms with van der Waals surface area (Å²) in [6.45, 7) is 7.47. The predicted octanol–water partition coefficient (Wildman–Crippen LogP) is 0.677. The molecule has 0 spiro atoms. The third kappa shape index (κ3) is 1.56. The lowest BCUT2D eigenvalue weighted by Crippen LogP contribution is -2.28. The first-order chi connectivity index (χ1) is 6.07. The minimum absolute atomic E-state index is 0.576. The van der Waals surface area contributed by atoms with Gasteiger partial charge in [0.05, 0.1) is 17.7 Å². The van der Waals surface area contributed by atoms with E-state index in [1.54, 1.807) is 22.3 Å². The zero-order chi connectivity index (χ0) is 10.0. The first-order valence-corrected chi connectivity index (χ1v) is 3.89. The van der Waals surface area contributed by atoms with Gasteiger partial charge >= 0.3 is 0 Å². The van der Waals surface area contributed by atoms with Gasteiger partial charge in [-0.3, -0.25) is 0 Å². The summed E-state index contributed by atoms with van der Waals surface area (Å²) in [6.07, 6.45) is 3.33. The van der Waals surface area contributed by atoms with Crippen molar-refractivity contribution in [1.29, 1.82) is 0 Å². The lowest BCUT2D eigenvalue weighted by atomic mass is 10.3. The van der Waals surface area contributed by atoms with E-state index in [4.69, 9.17) is 5.73 Å². The van der Waals surface area contributed by atoms with E-state index in [1.807, 2.05) is 14.1 Å². The summed E-state index contributed by atoms with van der Waals surface area (Å²) in [5.74, 6) is 0.679. The van der Waals surface area contributed by atoms with Crippen molar-refractivity contribution in [3.8, 4) is 0 Å². The van der Waals surface area contributed by atoms with Crippen LogP contribution in [0.2, 0.25) is 0 Å². The van der Waals surface area contributed by atoms with Crippen LogP contribution in [0.15, 0.2) is 41.6 Å². The SMILES string of the molecule is C=CN(C)C1=C(N)C(=C)N(C)C=N1. The maximum Gasteiger partial charge on any atom is 0.159 e. The van der Waals surface area contributed by atoms with Crippen LogP contribution in [0.25, 0.3) is 0 Å². The second kappa shape index (κ2) is 3.35. The number of nitrogens with two attached hydrogens (primary N) is 1. The van der Waals surface area contributed by atoms with Gasteiger partial charge in [-0.15, -0.1) is 0 Å². The van der Waals surface area contributed by atoms with Crippen LogP contribution in [0, 0.1) is 0 Å². The van der Waals surface area contributed by atoms with Gasteiger partial charge in [-0.2, -0.15) is 0 Å². The number of rotatable bonds is 2. The van der Waals surface area contributed by atoms with E-state index in [0.717, 1.165) is 5.70 Å². The number of hydrogen-bond donors (Lipinski definition) is 1. The molecule has 0 saturated carbocycles. The molecule has 0 saturated heterocycles. The van der Waals surface area contributed by atoms with Gasteiger partial charge < -0.3 is 15.5 Å². The summed E-state index contributed by atoms with van der Waals surface area (Å²) >= 11 is 0. The zero-order valence-electron chi connectivity index (χ0n) is 7.99. The van der Waals surface area contributed by atoms with Crippen molar-refractivity contribution in [1.82, 2.24) is 9.80 Å². The Kier molecular flexibility index (Phi) is 2.41. The van der Waals surface area contributed by atoms with Gasteiger partial charge in [0.15, 0.2) is 5.82 Å². The van der Waals surface area contributed by atoms with E-state index < -0.39 is 0 Å². The van der Waals surface area contributed by atoms with Crippen LogP contribution < -0.4 is 5.73 Å². The van der Waals surface area contributed by atoms with Gasteiger partial charge in [0.1, 0.15) is 0 Å². The minimum Gasteiger partial charge on any atom is -0.394 e. The van der Waals surface area contributed by atoms with Gasteiger partial charge in [0, 0.05) is 14.1 Å². The molecule has 1 aliphatic rings. The molecule has 0 fully saturated rings. The van der Waals surface area contributed by atoms with Crippen LogP contribution in [-0.2, 0) is 0 Å². The van der Waals surface area contributed by atoms with Crippen molar-refractivity contribution in [3.63, 3.8) is 0 Å². The van der Waals surface area contributed by atoms with Gasteiger partial charge in [0.2, 0.25) is 0 Å². The zero-order valence-corrected chi connectivity index (χ0v) is 7.99. The Bertz CT molecular complexity index is 301. The normalized spacial score (nSPS) is 16.5. The highest BCUT2D eigenvalue weighted by Gasteiger charge is 2.15. The lowest BCUT2D eigenvalue weighted by molar-refractivity contribution is 0.528. The first kappa shape index (κ1) is 9.38. The molecule has 1 aliphatic heterocycles. The molecule has 70 valence electrons. The number of aliphatic imine (C=N–C) groups is 1. The van der Waals surface area contributed by atoms with Crippen LogP contribution in [0.4, 0.5) is 0 Å². The highest BCUT2D eigenvalue weighted by molar-refractivity contribution is 5.64. The molecule has 0 amide bonds. The van der Waals surface area contributed by atoms with Crippen LogP contribution in [-0.4, -0.2) is 30.2 Å². The predicted molar refractivity (Wildman–Crippen MR) is 54.6 cm³/mol. The standard InChI is InChI=1S/C9H14N4/c1-5-12(3)9-8(10)7(2)13(4)6-11-9/h5-6H,1-2,10H2,3-4H3. The fourth-order valence-electron chi connectivity index (χ4n) is 0.967. The molecule has 13 heavy (non-hydrogen) atoms. The third-order valence-corrected chi connectivity index (χ3v) is 1.94. The Morgan fingerprint density at radius 1 is 1.69 bits per heavy atom. The lowest BCUT2D eigenvalue weighted by Gasteiger charge is -2.26. The Balaban J connectivity index is 3.04. The topological polar surface area (TPSA) is 44.9 Å². The average molecular weight is 178 g/mol. The van der Waals surface area contributed by atoms with Gasteiger partial charge in [0.25, 0.3) is 0 Å². The quantitative estimate of drug-likeness (QED) is 0.676. The van der Waals surface area contributed by atoms with Crippen LogP contribution in [0.1, 0.15) is 0 Å². The molecular weight excluding hydrogens is 164 g/mol. The van der Waals surface area contributed by atoms with E-state index in [1.165, 1.54) is 0 Å². The number of nitrogens with zero attached hydrogens (tertiary/aromatic N) is 3. The van der Waals surface area contributed by atoms with Crippen molar-refractivity contribution < 1.29 is 0 Å². The largest absolute Gasteiger partial charge is 0.394 e. The molecule has 1 rings (SSSR count). The van der Waals surface area contributed by atoms with Crippen molar-refractivity contribution >= 4 is 6.34 Å². The highest BCUT2D eigenvalue weighted by Crippen LogP contribution is 2.18. The van der Waals surface area contributed by atoms with E-state index in [-0.39, 0.29) is 0 Å². The van der Waals surface area contributed by atoms with Crippen LogP contribution in [0.5, 0.6) is 0 Å². The van der Waals surface area contributed by atoms with Crippen molar-refractivity contribution in [2.75, 3.05) is 14.1 Å².